The lowest BCUT2D eigenvalue weighted by Gasteiger charge is -2.27. The molecule has 1 N–H and O–H groups in total. The third-order valence-electron chi connectivity index (χ3n) is 6.79. The Balaban J connectivity index is 1.08. The second kappa shape index (κ2) is 8.80. The summed E-state index contributed by atoms with van der Waals surface area (Å²) in [5, 5.41) is 10.9. The molecule has 0 saturated carbocycles. The predicted molar refractivity (Wildman–Crippen MR) is 111 cm³/mol. The number of benzene rings is 1. The summed E-state index contributed by atoms with van der Waals surface area (Å²) in [4.78, 5) is 29.3. The van der Waals surface area contributed by atoms with E-state index < -0.39 is 6.36 Å². The molecule has 1 aromatic carbocycles. The van der Waals surface area contributed by atoms with Crippen LogP contribution in [0.1, 0.15) is 17.8 Å². The third-order valence-corrected chi connectivity index (χ3v) is 6.79. The molecule has 2 amide bonds. The number of aromatic amines is 1. The number of ether oxygens (including phenoxy) is 2. The highest BCUT2D eigenvalue weighted by Crippen LogP contribution is 2.34. The fourth-order valence-corrected chi connectivity index (χ4v) is 5.10. The van der Waals surface area contributed by atoms with Crippen LogP contribution in [0.3, 0.4) is 0 Å². The number of carbonyl (C=O) groups is 2. The minimum absolute atomic E-state index is 0.0736. The topological polar surface area (TPSA) is 101 Å². The van der Waals surface area contributed by atoms with Crippen LogP contribution in [0.15, 0.2) is 24.3 Å². The molecule has 9 nitrogen and oxygen atoms in total. The first kappa shape index (κ1) is 22.5. The minimum Gasteiger partial charge on any atom is -0.484 e. The summed E-state index contributed by atoms with van der Waals surface area (Å²) in [6.45, 7) is 2.19. The Morgan fingerprint density at radius 3 is 2.26 bits per heavy atom. The number of halogens is 3. The first-order chi connectivity index (χ1) is 16.2. The summed E-state index contributed by atoms with van der Waals surface area (Å²) >= 11 is 0. The number of aromatic nitrogens is 3. The molecular weight excluding hydrogens is 455 g/mol. The SMILES string of the molecule is O=C(COc1ccc(OC(F)(F)F)cc1)N1C[C@@H]2CN(C(=O)[C@H]3CCc4n[nH]nc4C3)C[C@H]2C1. The van der Waals surface area contributed by atoms with E-state index in [1.54, 1.807) is 4.90 Å². The van der Waals surface area contributed by atoms with Crippen molar-refractivity contribution >= 4 is 11.8 Å². The average molecular weight is 479 g/mol. The van der Waals surface area contributed by atoms with Crippen molar-refractivity contribution in [1.82, 2.24) is 25.2 Å². The van der Waals surface area contributed by atoms with Crippen LogP contribution < -0.4 is 9.47 Å². The summed E-state index contributed by atoms with van der Waals surface area (Å²) in [6.07, 6.45) is -2.62. The van der Waals surface area contributed by atoms with Crippen molar-refractivity contribution in [3.8, 4) is 11.5 Å². The van der Waals surface area contributed by atoms with Crippen LogP contribution in [0, 0.1) is 17.8 Å². The molecule has 3 heterocycles. The number of carbonyl (C=O) groups excluding carboxylic acids is 2. The fraction of sp³-hybridized carbons (Fsp3) is 0.545. The molecule has 0 bridgehead atoms. The first-order valence-corrected chi connectivity index (χ1v) is 11.2. The Kier molecular flexibility index (Phi) is 5.82. The molecule has 12 heteroatoms. The molecule has 2 aromatic rings. The van der Waals surface area contributed by atoms with Gasteiger partial charge in [-0.05, 0) is 37.1 Å². The summed E-state index contributed by atoms with van der Waals surface area (Å²) in [6, 6.07) is 4.91. The van der Waals surface area contributed by atoms with Crippen LogP contribution in [0.25, 0.3) is 0 Å². The lowest BCUT2D eigenvalue weighted by molar-refractivity contribution is -0.274. The molecule has 2 aliphatic heterocycles. The fourth-order valence-electron chi connectivity index (χ4n) is 5.10. The molecule has 2 saturated heterocycles. The van der Waals surface area contributed by atoms with E-state index in [4.69, 9.17) is 4.74 Å². The number of amides is 2. The van der Waals surface area contributed by atoms with Gasteiger partial charge >= 0.3 is 6.36 Å². The Morgan fingerprint density at radius 2 is 1.59 bits per heavy atom. The number of rotatable bonds is 5. The Bertz CT molecular complexity index is 1040. The van der Waals surface area contributed by atoms with Crippen LogP contribution in [0.4, 0.5) is 13.2 Å². The van der Waals surface area contributed by atoms with Crippen molar-refractivity contribution < 1.29 is 32.2 Å². The number of nitrogens with zero attached hydrogens (tertiary/aromatic N) is 4. The van der Waals surface area contributed by atoms with E-state index in [1.165, 1.54) is 12.1 Å². The molecule has 3 atom stereocenters. The molecule has 0 unspecified atom stereocenters. The molecule has 2 fully saturated rings. The van der Waals surface area contributed by atoms with Crippen molar-refractivity contribution in [2.24, 2.45) is 17.8 Å². The highest BCUT2D eigenvalue weighted by molar-refractivity contribution is 5.80. The lowest BCUT2D eigenvalue weighted by atomic mass is 9.89. The zero-order valence-electron chi connectivity index (χ0n) is 18.3. The highest BCUT2D eigenvalue weighted by Gasteiger charge is 2.44. The zero-order valence-corrected chi connectivity index (χ0v) is 18.3. The van der Waals surface area contributed by atoms with Crippen LogP contribution in [-0.2, 0) is 22.4 Å². The standard InChI is InChI=1S/C22H24F3N5O4/c23-22(24,25)34-17-4-2-16(3-5-17)33-12-20(31)29-8-14-10-30(11-15(14)9-29)21(32)13-1-6-18-19(7-13)27-28-26-18/h2-5,13-15H,1,6-12H2,(H,26,27,28)/t13-,14+,15+/m0/s1. The summed E-state index contributed by atoms with van der Waals surface area (Å²) in [7, 11) is 0. The largest absolute Gasteiger partial charge is 0.573 e. The van der Waals surface area contributed by atoms with Gasteiger partial charge in [-0.3, -0.25) is 9.59 Å². The van der Waals surface area contributed by atoms with E-state index in [-0.39, 0.29) is 47.7 Å². The summed E-state index contributed by atoms with van der Waals surface area (Å²) < 4.78 is 46.0. The van der Waals surface area contributed by atoms with Crippen molar-refractivity contribution in [3.63, 3.8) is 0 Å². The van der Waals surface area contributed by atoms with Gasteiger partial charge in [0.1, 0.15) is 11.5 Å². The highest BCUT2D eigenvalue weighted by atomic mass is 19.4. The third kappa shape index (κ3) is 4.80. The van der Waals surface area contributed by atoms with E-state index in [9.17, 15) is 22.8 Å². The molecule has 3 aliphatic rings. The first-order valence-electron chi connectivity index (χ1n) is 11.2. The van der Waals surface area contributed by atoms with Crippen molar-refractivity contribution in [3.05, 3.63) is 35.7 Å². The second-order valence-corrected chi connectivity index (χ2v) is 9.03. The smallest absolute Gasteiger partial charge is 0.484 e. The van der Waals surface area contributed by atoms with Crippen molar-refractivity contribution in [1.29, 1.82) is 0 Å². The number of H-pyrrole nitrogens is 1. The van der Waals surface area contributed by atoms with Crippen molar-refractivity contribution in [2.75, 3.05) is 32.8 Å². The number of nitrogens with one attached hydrogen (secondary N) is 1. The summed E-state index contributed by atoms with van der Waals surface area (Å²) in [5.41, 5.74) is 1.83. The number of hydrogen-bond donors (Lipinski definition) is 1. The van der Waals surface area contributed by atoms with Gasteiger partial charge in [-0.15, -0.1) is 13.2 Å². The Labute approximate surface area is 193 Å². The van der Waals surface area contributed by atoms with Crippen LogP contribution in [0.2, 0.25) is 0 Å². The molecule has 0 radical (unpaired) electrons. The molecule has 0 spiro atoms. The number of fused-ring (bicyclic) bond motifs is 2. The van der Waals surface area contributed by atoms with E-state index >= 15 is 0 Å². The Hall–Kier alpha value is -3.31. The van der Waals surface area contributed by atoms with E-state index in [0.29, 0.717) is 32.6 Å². The molecule has 1 aromatic heterocycles. The molecule has 5 rings (SSSR count). The van der Waals surface area contributed by atoms with E-state index in [0.717, 1.165) is 36.4 Å². The van der Waals surface area contributed by atoms with E-state index in [1.807, 2.05) is 4.90 Å². The normalized spacial score (nSPS) is 24.0. The van der Waals surface area contributed by atoms with Gasteiger partial charge in [-0.2, -0.15) is 15.4 Å². The average Bonchev–Trinajstić information content (AvgIpc) is 3.51. The number of aryl methyl sites for hydroxylation is 1. The van der Waals surface area contributed by atoms with E-state index in [2.05, 4.69) is 20.1 Å². The van der Waals surface area contributed by atoms with Gasteiger partial charge in [0.25, 0.3) is 5.91 Å². The lowest BCUT2D eigenvalue weighted by Crippen LogP contribution is -2.40. The van der Waals surface area contributed by atoms with Gasteiger partial charge in [-0.1, -0.05) is 0 Å². The van der Waals surface area contributed by atoms with Gasteiger partial charge in [0.05, 0.1) is 11.4 Å². The number of alkyl halides is 3. The number of likely N-dealkylation sites (tertiary alicyclic amines) is 2. The van der Waals surface area contributed by atoms with Crippen LogP contribution in [0.5, 0.6) is 11.5 Å². The predicted octanol–water partition coefficient (Wildman–Crippen LogP) is 1.80. The van der Waals surface area contributed by atoms with Gasteiger partial charge < -0.3 is 19.3 Å². The van der Waals surface area contributed by atoms with Crippen LogP contribution >= 0.6 is 0 Å². The van der Waals surface area contributed by atoms with Gasteiger partial charge in [0, 0.05) is 50.4 Å². The quantitative estimate of drug-likeness (QED) is 0.702. The second-order valence-electron chi connectivity index (χ2n) is 9.03. The molecular formula is C22H24F3N5O4. The maximum Gasteiger partial charge on any atom is 0.573 e. The molecule has 1 aliphatic carbocycles. The van der Waals surface area contributed by atoms with Gasteiger partial charge in [0.15, 0.2) is 6.61 Å². The van der Waals surface area contributed by atoms with Crippen LogP contribution in [-0.4, -0.2) is 76.2 Å². The zero-order chi connectivity index (χ0) is 23.9. The Morgan fingerprint density at radius 1 is 0.971 bits per heavy atom. The maximum absolute atomic E-state index is 13.0. The monoisotopic (exact) mass is 479 g/mol. The maximum atomic E-state index is 13.0. The molecule has 182 valence electrons. The molecule has 34 heavy (non-hydrogen) atoms. The van der Waals surface area contributed by atoms with Gasteiger partial charge in [0.2, 0.25) is 5.91 Å². The van der Waals surface area contributed by atoms with Crippen molar-refractivity contribution in [2.45, 2.75) is 25.6 Å². The van der Waals surface area contributed by atoms with Gasteiger partial charge in [-0.25, -0.2) is 0 Å². The number of hydrogen-bond acceptors (Lipinski definition) is 6. The minimum atomic E-state index is -4.76. The summed E-state index contributed by atoms with van der Waals surface area (Å²) in [5.74, 6) is 0.288.